The lowest BCUT2D eigenvalue weighted by atomic mass is 9.88. The number of likely N-dealkylation sites (tertiary alicyclic amines) is 1. The Kier molecular flexibility index (Phi) is 4.78. The minimum atomic E-state index is -0.155. The molecule has 6 nitrogen and oxygen atoms in total. The van der Waals surface area contributed by atoms with Crippen molar-refractivity contribution < 1.29 is 18.7 Å². The Balaban J connectivity index is 1.29. The molecule has 0 bridgehead atoms. The molecule has 2 aromatic heterocycles. The molecular weight excluding hydrogens is 332 g/mol. The molecule has 0 radical (unpaired) electrons. The zero-order valence-electron chi connectivity index (χ0n) is 15.0. The van der Waals surface area contributed by atoms with Crippen molar-refractivity contribution in [3.8, 4) is 0 Å². The lowest BCUT2D eigenvalue weighted by Crippen LogP contribution is -2.46. The molecule has 1 spiro atoms. The summed E-state index contributed by atoms with van der Waals surface area (Å²) in [4.78, 5) is 18.5. The largest absolute Gasteiger partial charge is 0.459 e. The molecule has 4 heterocycles. The van der Waals surface area contributed by atoms with Gasteiger partial charge in [0.2, 0.25) is 0 Å². The van der Waals surface area contributed by atoms with Crippen molar-refractivity contribution in [1.29, 1.82) is 0 Å². The van der Waals surface area contributed by atoms with E-state index in [1.807, 2.05) is 30.0 Å². The first-order chi connectivity index (χ1) is 12.7. The fraction of sp³-hybridized carbons (Fsp3) is 0.500. The van der Waals surface area contributed by atoms with Crippen LogP contribution in [0.3, 0.4) is 0 Å². The van der Waals surface area contributed by atoms with Crippen LogP contribution in [0.5, 0.6) is 0 Å². The second-order valence-corrected chi connectivity index (χ2v) is 7.21. The van der Waals surface area contributed by atoms with Crippen LogP contribution in [0, 0.1) is 6.92 Å². The molecule has 4 rings (SSSR count). The molecule has 0 N–H and O–H groups in total. The minimum Gasteiger partial charge on any atom is -0.459 e. The summed E-state index contributed by atoms with van der Waals surface area (Å²) < 4.78 is 17.5. The van der Waals surface area contributed by atoms with E-state index < -0.39 is 0 Å². The van der Waals surface area contributed by atoms with Gasteiger partial charge in [-0.15, -0.1) is 0 Å². The van der Waals surface area contributed by atoms with E-state index in [4.69, 9.17) is 13.9 Å². The van der Waals surface area contributed by atoms with Crippen molar-refractivity contribution in [3.05, 3.63) is 53.7 Å². The number of carbonyl (C=O) groups excluding carboxylic acids is 1. The maximum absolute atomic E-state index is 12.6. The fourth-order valence-electron chi connectivity index (χ4n) is 3.80. The van der Waals surface area contributed by atoms with Crippen LogP contribution in [0.1, 0.15) is 40.9 Å². The maximum atomic E-state index is 12.6. The van der Waals surface area contributed by atoms with Gasteiger partial charge in [0.05, 0.1) is 31.2 Å². The van der Waals surface area contributed by atoms with Crippen LogP contribution >= 0.6 is 0 Å². The van der Waals surface area contributed by atoms with Crippen LogP contribution in [0.2, 0.25) is 0 Å². The number of hydrogen-bond donors (Lipinski definition) is 0. The van der Waals surface area contributed by atoms with Gasteiger partial charge in [-0.05, 0) is 43.5 Å². The maximum Gasteiger partial charge on any atom is 0.289 e. The summed E-state index contributed by atoms with van der Waals surface area (Å²) in [6, 6.07) is 5.75. The highest BCUT2D eigenvalue weighted by Crippen LogP contribution is 2.37. The van der Waals surface area contributed by atoms with Crippen LogP contribution in [-0.2, 0) is 16.1 Å². The van der Waals surface area contributed by atoms with Gasteiger partial charge in [-0.2, -0.15) is 0 Å². The third-order valence-electron chi connectivity index (χ3n) is 5.43. The van der Waals surface area contributed by atoms with E-state index in [0.717, 1.165) is 30.4 Å². The molecule has 1 amide bonds. The normalized spacial score (nSPS) is 22.0. The molecule has 0 saturated carbocycles. The zero-order valence-corrected chi connectivity index (χ0v) is 15.0. The molecule has 1 atom stereocenters. The third kappa shape index (κ3) is 3.52. The van der Waals surface area contributed by atoms with Gasteiger partial charge in [0, 0.05) is 37.5 Å². The number of furan rings is 1. The molecule has 2 aromatic rings. The smallest absolute Gasteiger partial charge is 0.289 e. The molecule has 0 aromatic carbocycles. The van der Waals surface area contributed by atoms with Gasteiger partial charge in [-0.25, -0.2) is 0 Å². The monoisotopic (exact) mass is 356 g/mol. The van der Waals surface area contributed by atoms with Crippen molar-refractivity contribution in [1.82, 2.24) is 9.88 Å². The number of hydrogen-bond acceptors (Lipinski definition) is 5. The molecule has 2 fully saturated rings. The van der Waals surface area contributed by atoms with E-state index in [1.54, 1.807) is 18.7 Å². The van der Waals surface area contributed by atoms with Crippen molar-refractivity contribution in [2.45, 2.75) is 44.5 Å². The summed E-state index contributed by atoms with van der Waals surface area (Å²) in [5.41, 5.74) is 1.85. The predicted octanol–water partition coefficient (Wildman–Crippen LogP) is 2.96. The zero-order chi connectivity index (χ0) is 18.0. The summed E-state index contributed by atoms with van der Waals surface area (Å²) >= 11 is 0. The van der Waals surface area contributed by atoms with Gasteiger partial charge in [-0.3, -0.25) is 9.78 Å². The van der Waals surface area contributed by atoms with E-state index in [2.05, 4.69) is 4.98 Å². The van der Waals surface area contributed by atoms with E-state index in [9.17, 15) is 4.79 Å². The molecule has 0 aliphatic carbocycles. The molecule has 26 heavy (non-hydrogen) atoms. The lowest BCUT2D eigenvalue weighted by molar-refractivity contribution is -0.0416. The summed E-state index contributed by atoms with van der Waals surface area (Å²) in [7, 11) is 0. The molecule has 2 aliphatic heterocycles. The highest BCUT2D eigenvalue weighted by molar-refractivity contribution is 5.92. The fourth-order valence-corrected chi connectivity index (χ4v) is 3.80. The number of nitrogens with zero attached hydrogens (tertiary/aromatic N) is 2. The molecule has 1 unspecified atom stereocenters. The number of ether oxygens (including phenoxy) is 2. The van der Waals surface area contributed by atoms with Gasteiger partial charge in [0.25, 0.3) is 5.91 Å². The molecular formula is C20H24N2O4. The average molecular weight is 356 g/mol. The van der Waals surface area contributed by atoms with Crippen molar-refractivity contribution >= 4 is 5.91 Å². The Bertz CT molecular complexity index is 750. The highest BCUT2D eigenvalue weighted by Gasteiger charge is 2.44. The first kappa shape index (κ1) is 17.2. The van der Waals surface area contributed by atoms with E-state index >= 15 is 0 Å². The second kappa shape index (κ2) is 7.21. The first-order valence-electron chi connectivity index (χ1n) is 9.13. The first-order valence-corrected chi connectivity index (χ1v) is 9.13. The third-order valence-corrected chi connectivity index (χ3v) is 5.43. The minimum absolute atomic E-state index is 0.0224. The predicted molar refractivity (Wildman–Crippen MR) is 94.7 cm³/mol. The van der Waals surface area contributed by atoms with Crippen LogP contribution in [0.25, 0.3) is 0 Å². The van der Waals surface area contributed by atoms with Crippen LogP contribution in [0.4, 0.5) is 0 Å². The second-order valence-electron chi connectivity index (χ2n) is 7.21. The SMILES string of the molecule is Cc1ccoc1C(=O)N1CCC2(CC1)CC(OCc1ccncc1)CO2. The molecule has 2 saturated heterocycles. The van der Waals surface area contributed by atoms with Gasteiger partial charge in [-0.1, -0.05) is 0 Å². The van der Waals surface area contributed by atoms with Gasteiger partial charge < -0.3 is 18.8 Å². The highest BCUT2D eigenvalue weighted by atomic mass is 16.6. The number of aryl methyl sites for hydroxylation is 1. The number of piperidine rings is 1. The van der Waals surface area contributed by atoms with Crippen molar-refractivity contribution in [3.63, 3.8) is 0 Å². The molecule has 138 valence electrons. The number of rotatable bonds is 4. The molecule has 6 heteroatoms. The van der Waals surface area contributed by atoms with E-state index in [-0.39, 0.29) is 17.6 Å². The number of pyridine rings is 1. The summed E-state index contributed by atoms with van der Waals surface area (Å²) in [6.45, 7) is 4.48. The Hall–Kier alpha value is -2.18. The van der Waals surface area contributed by atoms with Crippen LogP contribution < -0.4 is 0 Å². The standard InChI is InChI=1S/C20H24N2O4/c1-15-4-11-24-18(15)19(23)22-9-5-20(6-10-22)12-17(14-26-20)25-13-16-2-7-21-8-3-16/h2-4,7-8,11,17H,5-6,9-10,12-14H2,1H3. The quantitative estimate of drug-likeness (QED) is 0.843. The number of carbonyl (C=O) groups is 1. The lowest BCUT2D eigenvalue weighted by Gasteiger charge is -2.38. The average Bonchev–Trinajstić information content (AvgIpc) is 3.27. The topological polar surface area (TPSA) is 64.8 Å². The Morgan fingerprint density at radius 3 is 2.77 bits per heavy atom. The molecule has 2 aliphatic rings. The van der Waals surface area contributed by atoms with Crippen LogP contribution in [0.15, 0.2) is 41.3 Å². The Morgan fingerprint density at radius 1 is 1.31 bits per heavy atom. The van der Waals surface area contributed by atoms with E-state index in [1.165, 1.54) is 0 Å². The number of aromatic nitrogens is 1. The van der Waals surface area contributed by atoms with Crippen molar-refractivity contribution in [2.75, 3.05) is 19.7 Å². The number of amides is 1. The van der Waals surface area contributed by atoms with Crippen molar-refractivity contribution in [2.24, 2.45) is 0 Å². The van der Waals surface area contributed by atoms with E-state index in [0.29, 0.717) is 32.1 Å². The van der Waals surface area contributed by atoms with Gasteiger partial charge in [0.1, 0.15) is 0 Å². The summed E-state index contributed by atoms with van der Waals surface area (Å²) in [5.74, 6) is 0.428. The van der Waals surface area contributed by atoms with Gasteiger partial charge >= 0.3 is 0 Å². The Morgan fingerprint density at radius 2 is 2.08 bits per heavy atom. The van der Waals surface area contributed by atoms with Crippen LogP contribution in [-0.4, -0.2) is 47.2 Å². The summed E-state index contributed by atoms with van der Waals surface area (Å²) in [6.07, 6.45) is 7.80. The summed E-state index contributed by atoms with van der Waals surface area (Å²) in [5, 5.41) is 0. The van der Waals surface area contributed by atoms with Gasteiger partial charge in [0.15, 0.2) is 5.76 Å². The Labute approximate surface area is 153 Å².